The maximum Gasteiger partial charge on any atom is 0.137 e. The smallest absolute Gasteiger partial charge is 0.137 e. The lowest BCUT2D eigenvalue weighted by molar-refractivity contribution is 0.102. The molecule has 0 saturated heterocycles. The first kappa shape index (κ1) is 15.5. The maximum absolute atomic E-state index is 5.56. The predicted octanol–water partition coefficient (Wildman–Crippen LogP) is 3.55. The first-order chi connectivity index (χ1) is 11.4. The van der Waals surface area contributed by atoms with Gasteiger partial charge in [-0.1, -0.05) is 60.7 Å². The molecule has 0 radical (unpaired) electrons. The molecule has 0 spiro atoms. The van der Waals surface area contributed by atoms with E-state index in [4.69, 9.17) is 4.74 Å². The van der Waals surface area contributed by atoms with Gasteiger partial charge in [-0.05, 0) is 5.56 Å². The Balaban J connectivity index is 1.56. The van der Waals surface area contributed by atoms with E-state index in [1.165, 1.54) is 5.56 Å². The summed E-state index contributed by atoms with van der Waals surface area (Å²) < 4.78 is 5.56. The predicted molar refractivity (Wildman–Crippen MR) is 91.9 cm³/mol. The minimum atomic E-state index is 0.0488. The monoisotopic (exact) mass is 307 g/mol. The van der Waals surface area contributed by atoms with Crippen LogP contribution in [0, 0.1) is 0 Å². The van der Waals surface area contributed by atoms with Gasteiger partial charge in [0.2, 0.25) is 0 Å². The fraction of sp³-hybridized carbons (Fsp3) is 0.211. The van der Waals surface area contributed by atoms with Crippen LogP contribution in [0.2, 0.25) is 0 Å². The van der Waals surface area contributed by atoms with Crippen LogP contribution in [-0.4, -0.2) is 23.6 Å². The molecule has 0 unspecified atom stereocenters. The second kappa shape index (κ2) is 7.72. The third-order valence-electron chi connectivity index (χ3n) is 3.78. The Bertz CT molecular complexity index is 710. The molecule has 1 heterocycles. The molecule has 23 heavy (non-hydrogen) atoms. The van der Waals surface area contributed by atoms with E-state index in [2.05, 4.69) is 27.4 Å². The molecule has 3 aromatic rings. The average molecular weight is 307 g/mol. The van der Waals surface area contributed by atoms with Gasteiger partial charge in [-0.15, -0.1) is 0 Å². The highest BCUT2D eigenvalue weighted by Gasteiger charge is 2.09. The summed E-state index contributed by atoms with van der Waals surface area (Å²) in [4.78, 5) is 7.78. The summed E-state index contributed by atoms with van der Waals surface area (Å²) in [6.45, 7) is 1.48. The summed E-state index contributed by atoms with van der Waals surface area (Å²) in [5.74, 6) is 0.897. The summed E-state index contributed by atoms with van der Waals surface area (Å²) in [7, 11) is 1.74. The van der Waals surface area contributed by atoms with Crippen LogP contribution in [0.5, 0.6) is 0 Å². The molecule has 0 bridgehead atoms. The van der Waals surface area contributed by atoms with Crippen molar-refractivity contribution in [1.29, 1.82) is 0 Å². The van der Waals surface area contributed by atoms with Crippen LogP contribution in [-0.2, 0) is 11.3 Å². The summed E-state index contributed by atoms with van der Waals surface area (Å²) in [6, 6.07) is 20.4. The third-order valence-corrected chi connectivity index (χ3v) is 3.78. The summed E-state index contributed by atoms with van der Waals surface area (Å²) in [5, 5.41) is 3.42. The number of hydrogen-bond acceptors (Lipinski definition) is 3. The standard InChI is InChI=1S/C19H21N3O/c1-23-18(15-8-4-2-5-9-15)14-20-12-17-13-21-19(22-17)16-10-6-3-7-11-16/h2-11,13,18,20H,12,14H2,1H3,(H,21,22)/t18-/m0/s1. The van der Waals surface area contributed by atoms with E-state index in [1.807, 2.05) is 54.7 Å². The molecule has 0 saturated carbocycles. The number of aromatic amines is 1. The van der Waals surface area contributed by atoms with Crippen LogP contribution >= 0.6 is 0 Å². The Morgan fingerprint density at radius 2 is 1.74 bits per heavy atom. The highest BCUT2D eigenvalue weighted by molar-refractivity contribution is 5.54. The van der Waals surface area contributed by atoms with Crippen molar-refractivity contribution in [2.75, 3.05) is 13.7 Å². The minimum absolute atomic E-state index is 0.0488. The second-order valence-electron chi connectivity index (χ2n) is 5.39. The summed E-state index contributed by atoms with van der Waals surface area (Å²) >= 11 is 0. The fourth-order valence-electron chi connectivity index (χ4n) is 2.53. The summed E-state index contributed by atoms with van der Waals surface area (Å²) in [5.41, 5.74) is 3.33. The Morgan fingerprint density at radius 3 is 2.43 bits per heavy atom. The highest BCUT2D eigenvalue weighted by atomic mass is 16.5. The SMILES string of the molecule is CO[C@@H](CNCc1cnc(-c2ccccc2)[nH]1)c1ccccc1. The van der Waals surface area contributed by atoms with Gasteiger partial charge in [-0.2, -0.15) is 0 Å². The van der Waals surface area contributed by atoms with Gasteiger partial charge < -0.3 is 15.0 Å². The number of ether oxygens (including phenoxy) is 1. The highest BCUT2D eigenvalue weighted by Crippen LogP contribution is 2.16. The van der Waals surface area contributed by atoms with E-state index in [0.29, 0.717) is 0 Å². The molecular formula is C19H21N3O. The zero-order valence-electron chi connectivity index (χ0n) is 13.2. The van der Waals surface area contributed by atoms with Crippen molar-refractivity contribution in [2.24, 2.45) is 0 Å². The Kier molecular flexibility index (Phi) is 5.19. The van der Waals surface area contributed by atoms with Gasteiger partial charge in [0, 0.05) is 37.7 Å². The van der Waals surface area contributed by atoms with Gasteiger partial charge in [0.05, 0.1) is 6.10 Å². The molecule has 2 N–H and O–H groups in total. The molecule has 4 heteroatoms. The normalized spacial score (nSPS) is 12.2. The van der Waals surface area contributed by atoms with Crippen molar-refractivity contribution in [3.8, 4) is 11.4 Å². The average Bonchev–Trinajstić information content (AvgIpc) is 3.09. The molecule has 0 amide bonds. The van der Waals surface area contributed by atoms with E-state index in [9.17, 15) is 0 Å². The van der Waals surface area contributed by atoms with Gasteiger partial charge in [-0.3, -0.25) is 0 Å². The second-order valence-corrected chi connectivity index (χ2v) is 5.39. The molecule has 2 aromatic carbocycles. The number of imidazole rings is 1. The number of methoxy groups -OCH3 is 1. The number of nitrogens with zero attached hydrogens (tertiary/aromatic N) is 1. The van der Waals surface area contributed by atoms with E-state index >= 15 is 0 Å². The Labute approximate surface area is 136 Å². The van der Waals surface area contributed by atoms with Gasteiger partial charge in [0.25, 0.3) is 0 Å². The Morgan fingerprint density at radius 1 is 1.04 bits per heavy atom. The van der Waals surface area contributed by atoms with Crippen LogP contribution in [0.3, 0.4) is 0 Å². The number of aromatic nitrogens is 2. The third kappa shape index (κ3) is 4.06. The topological polar surface area (TPSA) is 49.9 Å². The zero-order valence-corrected chi connectivity index (χ0v) is 13.2. The van der Waals surface area contributed by atoms with Crippen LogP contribution < -0.4 is 5.32 Å². The number of nitrogens with one attached hydrogen (secondary N) is 2. The van der Waals surface area contributed by atoms with Crippen molar-refractivity contribution >= 4 is 0 Å². The van der Waals surface area contributed by atoms with Gasteiger partial charge in [0.1, 0.15) is 5.82 Å². The zero-order chi connectivity index (χ0) is 15.9. The largest absolute Gasteiger partial charge is 0.375 e. The van der Waals surface area contributed by atoms with E-state index in [-0.39, 0.29) is 6.10 Å². The van der Waals surface area contributed by atoms with E-state index in [1.54, 1.807) is 7.11 Å². The number of H-pyrrole nitrogens is 1. The molecule has 1 atom stereocenters. The lowest BCUT2D eigenvalue weighted by atomic mass is 10.1. The summed E-state index contributed by atoms with van der Waals surface area (Å²) in [6.07, 6.45) is 1.92. The molecule has 4 nitrogen and oxygen atoms in total. The quantitative estimate of drug-likeness (QED) is 0.702. The van der Waals surface area contributed by atoms with Crippen LogP contribution in [0.4, 0.5) is 0 Å². The van der Waals surface area contributed by atoms with Crippen LogP contribution in [0.15, 0.2) is 66.9 Å². The lowest BCUT2D eigenvalue weighted by Crippen LogP contribution is -2.22. The molecule has 1 aromatic heterocycles. The fourth-order valence-corrected chi connectivity index (χ4v) is 2.53. The first-order valence-electron chi connectivity index (χ1n) is 7.74. The molecule has 0 aliphatic carbocycles. The van der Waals surface area contributed by atoms with Crippen molar-refractivity contribution < 1.29 is 4.74 Å². The first-order valence-corrected chi connectivity index (χ1v) is 7.74. The molecule has 3 rings (SSSR count). The molecule has 0 aliphatic heterocycles. The van der Waals surface area contributed by atoms with Crippen LogP contribution in [0.25, 0.3) is 11.4 Å². The number of benzene rings is 2. The van der Waals surface area contributed by atoms with Gasteiger partial charge >= 0.3 is 0 Å². The minimum Gasteiger partial charge on any atom is -0.375 e. The maximum atomic E-state index is 5.56. The number of hydrogen-bond donors (Lipinski definition) is 2. The molecule has 118 valence electrons. The Hall–Kier alpha value is -2.43. The van der Waals surface area contributed by atoms with Gasteiger partial charge in [-0.25, -0.2) is 4.98 Å². The van der Waals surface area contributed by atoms with Crippen LogP contribution in [0.1, 0.15) is 17.4 Å². The number of rotatable bonds is 7. The van der Waals surface area contributed by atoms with Crippen molar-refractivity contribution in [3.05, 3.63) is 78.1 Å². The molecular weight excluding hydrogens is 286 g/mol. The van der Waals surface area contributed by atoms with Gasteiger partial charge in [0.15, 0.2) is 0 Å². The molecule has 0 aliphatic rings. The van der Waals surface area contributed by atoms with Crippen molar-refractivity contribution in [2.45, 2.75) is 12.6 Å². The van der Waals surface area contributed by atoms with E-state index < -0.39 is 0 Å². The van der Waals surface area contributed by atoms with Crippen molar-refractivity contribution in [3.63, 3.8) is 0 Å². The van der Waals surface area contributed by atoms with Crippen molar-refractivity contribution in [1.82, 2.24) is 15.3 Å². The lowest BCUT2D eigenvalue weighted by Gasteiger charge is -2.16. The molecule has 0 fully saturated rings. The van der Waals surface area contributed by atoms with E-state index in [0.717, 1.165) is 30.2 Å².